The molecular formula is C22H18ClNO2S. The monoisotopic (exact) mass is 395 g/mol. The molecule has 27 heavy (non-hydrogen) atoms. The molecule has 0 amide bonds. The molecule has 0 radical (unpaired) electrons. The van der Waals surface area contributed by atoms with Crippen LogP contribution in [0, 0.1) is 0 Å². The van der Waals surface area contributed by atoms with Gasteiger partial charge in [0, 0.05) is 5.39 Å². The van der Waals surface area contributed by atoms with Gasteiger partial charge in [0.15, 0.2) is 0 Å². The number of thiazole rings is 1. The molecule has 1 saturated carbocycles. The summed E-state index contributed by atoms with van der Waals surface area (Å²) in [6.07, 6.45) is 6.34. The Morgan fingerprint density at radius 3 is 2.74 bits per heavy atom. The molecule has 0 N–H and O–H groups in total. The van der Waals surface area contributed by atoms with Crippen molar-refractivity contribution in [1.29, 1.82) is 0 Å². The summed E-state index contributed by atoms with van der Waals surface area (Å²) >= 11 is 7.68. The first-order chi connectivity index (χ1) is 13.2. The average molecular weight is 396 g/mol. The van der Waals surface area contributed by atoms with Crippen LogP contribution < -0.4 is 5.63 Å². The molecule has 0 spiro atoms. The summed E-state index contributed by atoms with van der Waals surface area (Å²) in [6, 6.07) is 13.8. The van der Waals surface area contributed by atoms with Gasteiger partial charge in [0.1, 0.15) is 16.1 Å². The summed E-state index contributed by atoms with van der Waals surface area (Å²) in [4.78, 5) is 17.2. The Kier molecular flexibility index (Phi) is 4.25. The summed E-state index contributed by atoms with van der Waals surface area (Å²) in [5.41, 5.74) is 2.81. The van der Waals surface area contributed by atoms with Crippen LogP contribution in [0.5, 0.6) is 0 Å². The zero-order valence-corrected chi connectivity index (χ0v) is 16.3. The average Bonchev–Trinajstić information content (AvgIpc) is 3.13. The molecule has 0 saturated heterocycles. The number of para-hydroxylation sites is 1. The van der Waals surface area contributed by atoms with Crippen molar-refractivity contribution in [3.63, 3.8) is 0 Å². The zero-order chi connectivity index (χ0) is 18.4. The lowest BCUT2D eigenvalue weighted by Gasteiger charge is -2.22. The molecule has 0 unspecified atom stereocenters. The normalized spacial score (nSPS) is 15.6. The van der Waals surface area contributed by atoms with Crippen LogP contribution in [0.4, 0.5) is 0 Å². The Morgan fingerprint density at radius 2 is 1.93 bits per heavy atom. The number of halogens is 1. The molecule has 2 aromatic heterocycles. The Labute approximate surface area is 165 Å². The molecule has 0 aliphatic heterocycles. The van der Waals surface area contributed by atoms with Crippen LogP contribution >= 0.6 is 22.9 Å². The van der Waals surface area contributed by atoms with Gasteiger partial charge in [-0.1, -0.05) is 49.1 Å². The van der Waals surface area contributed by atoms with Crippen LogP contribution in [0.2, 0.25) is 5.02 Å². The highest BCUT2D eigenvalue weighted by Gasteiger charge is 2.18. The maximum atomic E-state index is 12.6. The van der Waals surface area contributed by atoms with E-state index in [0.29, 0.717) is 27.1 Å². The van der Waals surface area contributed by atoms with E-state index < -0.39 is 0 Å². The third kappa shape index (κ3) is 3.07. The molecule has 5 heteroatoms. The molecule has 3 nitrogen and oxygen atoms in total. The largest absolute Gasteiger partial charge is 0.422 e. The SMILES string of the molecule is O=c1oc2cc(C3CCCCC3)ccc2cc1-c1nc2c(Cl)cccc2s1. The van der Waals surface area contributed by atoms with Gasteiger partial charge in [-0.05, 0) is 48.6 Å². The van der Waals surface area contributed by atoms with Gasteiger partial charge in [0.2, 0.25) is 0 Å². The molecule has 1 fully saturated rings. The lowest BCUT2D eigenvalue weighted by atomic mass is 9.84. The molecule has 2 aromatic carbocycles. The number of fused-ring (bicyclic) bond motifs is 2. The van der Waals surface area contributed by atoms with Gasteiger partial charge in [-0.2, -0.15) is 0 Å². The van der Waals surface area contributed by atoms with Crippen LogP contribution in [0.3, 0.4) is 0 Å². The van der Waals surface area contributed by atoms with Crippen molar-refractivity contribution >= 4 is 44.1 Å². The van der Waals surface area contributed by atoms with E-state index in [-0.39, 0.29) is 5.63 Å². The van der Waals surface area contributed by atoms with Crippen LogP contribution in [0.15, 0.2) is 51.7 Å². The fourth-order valence-electron chi connectivity index (χ4n) is 4.00. The van der Waals surface area contributed by atoms with E-state index in [1.54, 1.807) is 0 Å². The minimum atomic E-state index is -0.349. The summed E-state index contributed by atoms with van der Waals surface area (Å²) < 4.78 is 6.65. The molecule has 0 atom stereocenters. The third-order valence-electron chi connectivity index (χ3n) is 5.44. The third-order valence-corrected chi connectivity index (χ3v) is 6.80. The van der Waals surface area contributed by atoms with Crippen LogP contribution in [-0.4, -0.2) is 4.98 Å². The predicted molar refractivity (Wildman–Crippen MR) is 112 cm³/mol. The molecule has 2 heterocycles. The van der Waals surface area contributed by atoms with Crippen LogP contribution in [0.25, 0.3) is 31.8 Å². The van der Waals surface area contributed by atoms with Crippen LogP contribution in [0.1, 0.15) is 43.6 Å². The topological polar surface area (TPSA) is 43.1 Å². The van der Waals surface area contributed by atoms with Crippen LogP contribution in [-0.2, 0) is 0 Å². The quantitative estimate of drug-likeness (QED) is 0.351. The van der Waals surface area contributed by atoms with E-state index >= 15 is 0 Å². The second-order valence-corrected chi connectivity index (χ2v) is 8.62. The second-order valence-electron chi connectivity index (χ2n) is 7.19. The minimum Gasteiger partial charge on any atom is -0.422 e. The number of rotatable bonds is 2. The second kappa shape index (κ2) is 6.77. The first-order valence-corrected chi connectivity index (χ1v) is 10.5. The van der Waals surface area contributed by atoms with Crippen molar-refractivity contribution in [3.05, 3.63) is 63.5 Å². The number of hydrogen-bond acceptors (Lipinski definition) is 4. The van der Waals surface area contributed by atoms with E-state index in [2.05, 4.69) is 17.1 Å². The summed E-state index contributed by atoms with van der Waals surface area (Å²) in [7, 11) is 0. The predicted octanol–water partition coefficient (Wildman–Crippen LogP) is 6.77. The highest BCUT2D eigenvalue weighted by Crippen LogP contribution is 2.35. The highest BCUT2D eigenvalue weighted by molar-refractivity contribution is 7.21. The number of nitrogens with zero attached hydrogens (tertiary/aromatic N) is 1. The maximum Gasteiger partial charge on any atom is 0.346 e. The number of benzene rings is 2. The molecular weight excluding hydrogens is 378 g/mol. The van der Waals surface area contributed by atoms with E-state index in [4.69, 9.17) is 16.0 Å². The van der Waals surface area contributed by atoms with Crippen molar-refractivity contribution in [1.82, 2.24) is 4.98 Å². The van der Waals surface area contributed by atoms with Gasteiger partial charge in [-0.25, -0.2) is 9.78 Å². The Bertz CT molecular complexity index is 1200. The minimum absolute atomic E-state index is 0.349. The summed E-state index contributed by atoms with van der Waals surface area (Å²) in [6.45, 7) is 0. The van der Waals surface area contributed by atoms with Crippen molar-refractivity contribution in [2.24, 2.45) is 0 Å². The standard InChI is InChI=1S/C22H18ClNO2S/c23-17-7-4-8-19-20(17)24-21(27-19)16-11-15-10-9-14(12-18(15)26-22(16)25)13-5-2-1-3-6-13/h4,7-13H,1-3,5-6H2. The Morgan fingerprint density at radius 1 is 1.07 bits per heavy atom. The number of aromatic nitrogens is 1. The smallest absolute Gasteiger partial charge is 0.346 e. The molecule has 136 valence electrons. The van der Waals surface area contributed by atoms with E-state index in [1.807, 2.05) is 30.3 Å². The number of hydrogen-bond donors (Lipinski definition) is 0. The van der Waals surface area contributed by atoms with Gasteiger partial charge in [-0.15, -0.1) is 11.3 Å². The summed E-state index contributed by atoms with van der Waals surface area (Å²) in [5.74, 6) is 0.583. The van der Waals surface area contributed by atoms with Gasteiger partial charge in [0.05, 0.1) is 15.3 Å². The van der Waals surface area contributed by atoms with Gasteiger partial charge in [0.25, 0.3) is 0 Å². The zero-order valence-electron chi connectivity index (χ0n) is 14.7. The fraction of sp³-hybridized carbons (Fsp3) is 0.273. The molecule has 1 aliphatic carbocycles. The van der Waals surface area contributed by atoms with Gasteiger partial charge >= 0.3 is 5.63 Å². The molecule has 4 aromatic rings. The van der Waals surface area contributed by atoms with Gasteiger partial charge < -0.3 is 4.42 Å². The van der Waals surface area contributed by atoms with E-state index in [1.165, 1.54) is 49.0 Å². The Balaban J connectivity index is 1.60. The lowest BCUT2D eigenvalue weighted by molar-refractivity contribution is 0.443. The van der Waals surface area contributed by atoms with Gasteiger partial charge in [-0.3, -0.25) is 0 Å². The first-order valence-electron chi connectivity index (χ1n) is 9.32. The maximum absolute atomic E-state index is 12.6. The highest BCUT2D eigenvalue weighted by atomic mass is 35.5. The first kappa shape index (κ1) is 17.0. The van der Waals surface area contributed by atoms with E-state index in [0.717, 1.165) is 15.6 Å². The van der Waals surface area contributed by atoms with Crippen molar-refractivity contribution in [2.45, 2.75) is 38.0 Å². The Hall–Kier alpha value is -2.17. The summed E-state index contributed by atoms with van der Waals surface area (Å²) in [5, 5.41) is 2.16. The fourth-order valence-corrected chi connectivity index (χ4v) is 5.27. The van der Waals surface area contributed by atoms with Crippen molar-refractivity contribution in [2.75, 3.05) is 0 Å². The van der Waals surface area contributed by atoms with Crippen molar-refractivity contribution < 1.29 is 4.42 Å². The molecule has 0 bridgehead atoms. The lowest BCUT2D eigenvalue weighted by Crippen LogP contribution is -2.05. The van der Waals surface area contributed by atoms with Crippen molar-refractivity contribution in [3.8, 4) is 10.6 Å². The van der Waals surface area contributed by atoms with E-state index in [9.17, 15) is 4.79 Å². The molecule has 5 rings (SSSR count). The molecule has 1 aliphatic rings.